The topological polar surface area (TPSA) is 84.0 Å². The molecule has 1 heterocycles. The quantitative estimate of drug-likeness (QED) is 0.696. The molecule has 0 radical (unpaired) electrons. The van der Waals surface area contributed by atoms with E-state index < -0.39 is 16.8 Å². The first kappa shape index (κ1) is 19.6. The Bertz CT molecular complexity index is 724. The Labute approximate surface area is 159 Å². The van der Waals surface area contributed by atoms with E-state index in [-0.39, 0.29) is 11.8 Å². The van der Waals surface area contributed by atoms with Crippen LogP contribution in [0.2, 0.25) is 0 Å². The molecule has 2 amide bonds. The maximum Gasteiger partial charge on any atom is 0.253 e. The number of rotatable bonds is 7. The molecule has 0 aliphatic heterocycles. The van der Waals surface area contributed by atoms with Crippen molar-refractivity contribution in [1.82, 2.24) is 15.5 Å². The molecule has 0 fully saturated rings. The molecular weight excluding hydrogens is 383 g/mol. The number of carbonyl (C=O) groups is 2. The lowest BCUT2D eigenvalue weighted by Gasteiger charge is -2.23. The van der Waals surface area contributed by atoms with Crippen molar-refractivity contribution in [3.63, 3.8) is 0 Å². The highest BCUT2D eigenvalue weighted by Gasteiger charge is 2.28. The summed E-state index contributed by atoms with van der Waals surface area (Å²) in [6, 6.07) is 8.77. The number of carbonyl (C=O) groups excluding carboxylic acids is 2. The van der Waals surface area contributed by atoms with Crippen LogP contribution in [0.1, 0.15) is 20.3 Å². The average molecular weight is 401 g/mol. The van der Waals surface area contributed by atoms with E-state index in [1.807, 2.05) is 44.2 Å². The number of aromatic nitrogens is 2. The van der Waals surface area contributed by atoms with Gasteiger partial charge in [-0.25, -0.2) is 0 Å². The SMILES string of the molecule is CC[C@H](C)[C@H](NC(=O)C(Cl)Cl)C(=O)Nc1nnc(-c2ccccc2)s1. The van der Waals surface area contributed by atoms with Crippen LogP contribution in [-0.4, -0.2) is 32.9 Å². The molecule has 2 atom stereocenters. The first-order chi connectivity index (χ1) is 11.9. The second-order valence-corrected chi connectivity index (χ2v) is 7.51. The molecule has 2 N–H and O–H groups in total. The maximum absolute atomic E-state index is 12.5. The Morgan fingerprint density at radius 1 is 1.16 bits per heavy atom. The van der Waals surface area contributed by atoms with Crippen molar-refractivity contribution < 1.29 is 9.59 Å². The van der Waals surface area contributed by atoms with Crippen LogP contribution in [0, 0.1) is 5.92 Å². The van der Waals surface area contributed by atoms with Gasteiger partial charge in [-0.3, -0.25) is 14.9 Å². The van der Waals surface area contributed by atoms with Crippen LogP contribution in [0.25, 0.3) is 10.6 Å². The van der Waals surface area contributed by atoms with Gasteiger partial charge in [-0.2, -0.15) is 0 Å². The third-order valence-electron chi connectivity index (χ3n) is 3.67. The van der Waals surface area contributed by atoms with E-state index in [9.17, 15) is 9.59 Å². The number of alkyl halides is 2. The summed E-state index contributed by atoms with van der Waals surface area (Å²) in [6.07, 6.45) is 0.693. The predicted octanol–water partition coefficient (Wildman–Crippen LogP) is 3.48. The first-order valence-corrected chi connectivity index (χ1v) is 9.39. The summed E-state index contributed by atoms with van der Waals surface area (Å²) in [5.74, 6) is -1.09. The summed E-state index contributed by atoms with van der Waals surface area (Å²) in [5, 5.41) is 14.4. The van der Waals surface area contributed by atoms with Crippen molar-refractivity contribution in [1.29, 1.82) is 0 Å². The van der Waals surface area contributed by atoms with Gasteiger partial charge in [0.05, 0.1) is 0 Å². The molecule has 2 aromatic rings. The Morgan fingerprint density at radius 2 is 1.84 bits per heavy atom. The second kappa shape index (κ2) is 9.12. The molecule has 0 spiro atoms. The van der Waals surface area contributed by atoms with E-state index in [4.69, 9.17) is 23.2 Å². The van der Waals surface area contributed by atoms with Crippen LogP contribution in [0.4, 0.5) is 5.13 Å². The number of anilines is 1. The Kier molecular flexibility index (Phi) is 7.16. The van der Waals surface area contributed by atoms with Crippen molar-refractivity contribution in [2.75, 3.05) is 5.32 Å². The van der Waals surface area contributed by atoms with Crippen LogP contribution in [0.3, 0.4) is 0 Å². The number of benzene rings is 1. The molecule has 0 aliphatic rings. The van der Waals surface area contributed by atoms with Crippen molar-refractivity contribution >= 4 is 51.5 Å². The Morgan fingerprint density at radius 3 is 2.44 bits per heavy atom. The van der Waals surface area contributed by atoms with Gasteiger partial charge >= 0.3 is 0 Å². The largest absolute Gasteiger partial charge is 0.342 e. The van der Waals surface area contributed by atoms with Gasteiger partial charge in [-0.15, -0.1) is 10.2 Å². The fourth-order valence-electron chi connectivity index (χ4n) is 2.07. The zero-order valence-corrected chi connectivity index (χ0v) is 16.0. The highest BCUT2D eigenvalue weighted by molar-refractivity contribution is 7.18. The lowest BCUT2D eigenvalue weighted by molar-refractivity contribution is -0.126. The van der Waals surface area contributed by atoms with E-state index in [2.05, 4.69) is 20.8 Å². The summed E-state index contributed by atoms with van der Waals surface area (Å²) in [6.45, 7) is 3.78. The van der Waals surface area contributed by atoms with E-state index >= 15 is 0 Å². The summed E-state index contributed by atoms with van der Waals surface area (Å²) < 4.78 is 0. The molecule has 134 valence electrons. The monoisotopic (exact) mass is 400 g/mol. The third kappa shape index (κ3) is 5.39. The number of nitrogens with one attached hydrogen (secondary N) is 2. The Balaban J connectivity index is 2.10. The van der Waals surface area contributed by atoms with Gasteiger partial charge in [-0.1, -0.05) is 85.1 Å². The zero-order chi connectivity index (χ0) is 18.4. The zero-order valence-electron chi connectivity index (χ0n) is 13.7. The predicted molar refractivity (Wildman–Crippen MR) is 101 cm³/mol. The fraction of sp³-hybridized carbons (Fsp3) is 0.375. The average Bonchev–Trinajstić information content (AvgIpc) is 3.07. The minimum atomic E-state index is -1.23. The molecule has 2 rings (SSSR count). The second-order valence-electron chi connectivity index (χ2n) is 5.44. The van der Waals surface area contributed by atoms with Crippen molar-refractivity contribution in [2.45, 2.75) is 31.1 Å². The van der Waals surface area contributed by atoms with Gasteiger partial charge in [-0.05, 0) is 5.92 Å². The molecule has 0 saturated heterocycles. The molecular formula is C16H18Cl2N4O2S. The molecule has 1 aromatic heterocycles. The molecule has 9 heteroatoms. The van der Waals surface area contributed by atoms with Crippen molar-refractivity contribution in [3.05, 3.63) is 30.3 Å². The van der Waals surface area contributed by atoms with Crippen molar-refractivity contribution in [2.24, 2.45) is 5.92 Å². The highest BCUT2D eigenvalue weighted by atomic mass is 35.5. The summed E-state index contributed by atoms with van der Waals surface area (Å²) in [4.78, 5) is 23.1. The maximum atomic E-state index is 12.5. The van der Waals surface area contributed by atoms with Gasteiger partial charge in [0, 0.05) is 5.56 Å². The minimum Gasteiger partial charge on any atom is -0.342 e. The van der Waals surface area contributed by atoms with Gasteiger partial charge in [0.15, 0.2) is 4.84 Å². The molecule has 25 heavy (non-hydrogen) atoms. The molecule has 1 aromatic carbocycles. The number of amides is 2. The van der Waals surface area contributed by atoms with Crippen LogP contribution in [-0.2, 0) is 9.59 Å². The van der Waals surface area contributed by atoms with E-state index in [0.717, 1.165) is 5.56 Å². The normalized spacial score (nSPS) is 13.3. The van der Waals surface area contributed by atoms with E-state index in [0.29, 0.717) is 16.6 Å². The van der Waals surface area contributed by atoms with E-state index in [1.54, 1.807) is 0 Å². The number of halogens is 2. The third-order valence-corrected chi connectivity index (χ3v) is 4.95. The van der Waals surface area contributed by atoms with Gasteiger partial charge in [0.1, 0.15) is 11.0 Å². The first-order valence-electron chi connectivity index (χ1n) is 7.70. The fourth-order valence-corrected chi connectivity index (χ4v) is 2.95. The Hall–Kier alpha value is -1.70. The lowest BCUT2D eigenvalue weighted by Crippen LogP contribution is -2.49. The van der Waals surface area contributed by atoms with Crippen LogP contribution < -0.4 is 10.6 Å². The molecule has 6 nitrogen and oxygen atoms in total. The van der Waals surface area contributed by atoms with Crippen molar-refractivity contribution in [3.8, 4) is 10.6 Å². The smallest absolute Gasteiger partial charge is 0.253 e. The highest BCUT2D eigenvalue weighted by Crippen LogP contribution is 2.26. The van der Waals surface area contributed by atoms with Gasteiger partial charge in [0.2, 0.25) is 11.0 Å². The van der Waals surface area contributed by atoms with Crippen LogP contribution >= 0.6 is 34.5 Å². The van der Waals surface area contributed by atoms with Gasteiger partial charge in [0.25, 0.3) is 5.91 Å². The molecule has 0 aliphatic carbocycles. The number of hydrogen-bond donors (Lipinski definition) is 2. The summed E-state index contributed by atoms with van der Waals surface area (Å²) in [7, 11) is 0. The molecule has 0 bridgehead atoms. The van der Waals surface area contributed by atoms with Crippen LogP contribution in [0.5, 0.6) is 0 Å². The number of hydrogen-bond acceptors (Lipinski definition) is 5. The van der Waals surface area contributed by atoms with Gasteiger partial charge < -0.3 is 5.32 Å². The number of nitrogens with zero attached hydrogens (tertiary/aromatic N) is 2. The lowest BCUT2D eigenvalue weighted by atomic mass is 9.98. The molecule has 0 saturated carbocycles. The standard InChI is InChI=1S/C16H18Cl2N4O2S/c1-3-9(2)11(19-14(24)12(17)18)13(23)20-16-22-21-15(25-16)10-7-5-4-6-8-10/h4-9,11-12H,3H2,1-2H3,(H,19,24)(H,20,22,23)/t9-,11-/m0/s1. The van der Waals surface area contributed by atoms with Crippen LogP contribution in [0.15, 0.2) is 30.3 Å². The summed E-state index contributed by atoms with van der Waals surface area (Å²) in [5.41, 5.74) is 0.916. The van der Waals surface area contributed by atoms with E-state index in [1.165, 1.54) is 11.3 Å². The summed E-state index contributed by atoms with van der Waals surface area (Å²) >= 11 is 12.4. The minimum absolute atomic E-state index is 0.0995. The molecule has 0 unspecified atom stereocenters.